The van der Waals surface area contributed by atoms with E-state index in [-0.39, 0.29) is 23.6 Å². The molecule has 0 radical (unpaired) electrons. The maximum atomic E-state index is 12.7. The molecule has 0 saturated carbocycles. The summed E-state index contributed by atoms with van der Waals surface area (Å²) in [6.07, 6.45) is 0.963. The third-order valence-corrected chi connectivity index (χ3v) is 5.27. The molecule has 0 unspecified atom stereocenters. The highest BCUT2D eigenvalue weighted by atomic mass is 16.2. The van der Waals surface area contributed by atoms with Gasteiger partial charge in [-0.15, -0.1) is 0 Å². The number of carbonyl (C=O) groups excluding carboxylic acids is 2. The van der Waals surface area contributed by atoms with E-state index in [4.69, 9.17) is 5.26 Å². The first-order valence-corrected chi connectivity index (χ1v) is 10.4. The second-order valence-electron chi connectivity index (χ2n) is 7.30. The van der Waals surface area contributed by atoms with E-state index in [1.165, 1.54) is 4.68 Å². The van der Waals surface area contributed by atoms with Crippen LogP contribution in [0.25, 0.3) is 10.8 Å². The van der Waals surface area contributed by atoms with E-state index >= 15 is 0 Å². The first kappa shape index (κ1) is 22.7. The molecule has 0 aliphatic rings. The van der Waals surface area contributed by atoms with Crippen molar-refractivity contribution in [1.29, 1.82) is 5.26 Å². The SMILES string of the molecule is CCn1nc(C(=O)NNC(=O)CCc2c(C)nn(CCC#N)c2C)c2ccccc2c1=O. The number of rotatable bonds is 7. The van der Waals surface area contributed by atoms with Crippen LogP contribution in [0.4, 0.5) is 0 Å². The number of nitrogens with one attached hydrogen (secondary N) is 2. The molecule has 2 N–H and O–H groups in total. The van der Waals surface area contributed by atoms with Crippen molar-refractivity contribution >= 4 is 22.6 Å². The van der Waals surface area contributed by atoms with Gasteiger partial charge >= 0.3 is 0 Å². The monoisotopic (exact) mass is 435 g/mol. The molecule has 0 aliphatic heterocycles. The molecule has 0 saturated heterocycles. The Hall–Kier alpha value is -4.00. The number of hydrazine groups is 1. The van der Waals surface area contributed by atoms with E-state index in [1.54, 1.807) is 35.9 Å². The van der Waals surface area contributed by atoms with Gasteiger partial charge in [0.25, 0.3) is 11.5 Å². The Bertz CT molecular complexity index is 1270. The molecule has 2 aromatic heterocycles. The van der Waals surface area contributed by atoms with Gasteiger partial charge in [-0.25, -0.2) is 4.68 Å². The van der Waals surface area contributed by atoms with Gasteiger partial charge in [-0.2, -0.15) is 15.5 Å². The minimum Gasteiger partial charge on any atom is -0.273 e. The van der Waals surface area contributed by atoms with E-state index in [1.807, 2.05) is 13.8 Å². The molecule has 32 heavy (non-hydrogen) atoms. The van der Waals surface area contributed by atoms with Crippen molar-refractivity contribution in [2.75, 3.05) is 0 Å². The number of amides is 2. The molecule has 166 valence electrons. The largest absolute Gasteiger partial charge is 0.290 e. The highest BCUT2D eigenvalue weighted by molar-refractivity contribution is 6.05. The third-order valence-electron chi connectivity index (χ3n) is 5.27. The standard InChI is InChI=1S/C22H25N7O3/c1-4-28-22(32)18-9-6-5-8-17(18)20(27-28)21(31)25-24-19(30)11-10-16-14(2)26-29(15(16)3)13-7-12-23/h5-6,8-9H,4,7,10-11,13H2,1-3H3,(H,24,30)(H,25,31). The van der Waals surface area contributed by atoms with Gasteiger partial charge < -0.3 is 0 Å². The van der Waals surface area contributed by atoms with Crippen LogP contribution in [0.2, 0.25) is 0 Å². The summed E-state index contributed by atoms with van der Waals surface area (Å²) in [6.45, 7) is 6.36. The van der Waals surface area contributed by atoms with Crippen LogP contribution in [-0.4, -0.2) is 31.4 Å². The number of hydrogen-bond acceptors (Lipinski definition) is 6. The average molecular weight is 435 g/mol. The van der Waals surface area contributed by atoms with Gasteiger partial charge in [0.05, 0.1) is 30.1 Å². The van der Waals surface area contributed by atoms with Crippen LogP contribution in [-0.2, 0) is 24.3 Å². The lowest BCUT2D eigenvalue weighted by atomic mass is 10.1. The second kappa shape index (κ2) is 9.87. The van der Waals surface area contributed by atoms with Crippen molar-refractivity contribution in [2.45, 2.75) is 53.1 Å². The van der Waals surface area contributed by atoms with E-state index in [0.717, 1.165) is 17.0 Å². The van der Waals surface area contributed by atoms with Crippen molar-refractivity contribution < 1.29 is 9.59 Å². The quantitative estimate of drug-likeness (QED) is 0.541. The van der Waals surface area contributed by atoms with Crippen molar-refractivity contribution in [2.24, 2.45) is 0 Å². The Morgan fingerprint density at radius 3 is 2.50 bits per heavy atom. The molecule has 10 nitrogen and oxygen atoms in total. The fourth-order valence-electron chi connectivity index (χ4n) is 3.57. The number of carbonyl (C=O) groups is 2. The highest BCUT2D eigenvalue weighted by Gasteiger charge is 2.17. The summed E-state index contributed by atoms with van der Waals surface area (Å²) in [6, 6.07) is 8.83. The Labute approximate surface area is 184 Å². The smallest absolute Gasteiger partial charge is 0.273 e. The fourth-order valence-corrected chi connectivity index (χ4v) is 3.57. The number of nitriles is 1. The summed E-state index contributed by atoms with van der Waals surface area (Å²) in [7, 11) is 0. The molecule has 0 bridgehead atoms. The van der Waals surface area contributed by atoms with E-state index in [0.29, 0.717) is 36.7 Å². The molecule has 0 fully saturated rings. The first-order valence-electron chi connectivity index (χ1n) is 10.4. The molecule has 10 heteroatoms. The van der Waals surface area contributed by atoms with E-state index in [9.17, 15) is 14.4 Å². The average Bonchev–Trinajstić information content (AvgIpc) is 3.07. The maximum absolute atomic E-state index is 12.7. The van der Waals surface area contributed by atoms with Crippen LogP contribution < -0.4 is 16.4 Å². The van der Waals surface area contributed by atoms with Crippen LogP contribution in [0.3, 0.4) is 0 Å². The lowest BCUT2D eigenvalue weighted by Gasteiger charge is -2.11. The van der Waals surface area contributed by atoms with Crippen LogP contribution in [0.5, 0.6) is 0 Å². The van der Waals surface area contributed by atoms with Crippen LogP contribution in [0, 0.1) is 25.2 Å². The zero-order chi connectivity index (χ0) is 23.3. The number of nitrogens with zero attached hydrogens (tertiary/aromatic N) is 5. The molecule has 0 atom stereocenters. The van der Waals surface area contributed by atoms with E-state index < -0.39 is 5.91 Å². The predicted molar refractivity (Wildman–Crippen MR) is 118 cm³/mol. The summed E-state index contributed by atoms with van der Waals surface area (Å²) < 4.78 is 2.99. The Kier molecular flexibility index (Phi) is 7.00. The molecule has 3 aromatic rings. The molecular formula is C22H25N7O3. The van der Waals surface area contributed by atoms with Crippen LogP contribution >= 0.6 is 0 Å². The van der Waals surface area contributed by atoms with Crippen molar-refractivity contribution in [3.63, 3.8) is 0 Å². The summed E-state index contributed by atoms with van der Waals surface area (Å²) in [5.41, 5.74) is 7.28. The van der Waals surface area contributed by atoms with Crippen LogP contribution in [0.15, 0.2) is 29.1 Å². The van der Waals surface area contributed by atoms with Crippen molar-refractivity contribution in [3.8, 4) is 6.07 Å². The zero-order valence-corrected chi connectivity index (χ0v) is 18.3. The van der Waals surface area contributed by atoms with Crippen LogP contribution in [0.1, 0.15) is 47.2 Å². The molecule has 3 rings (SSSR count). The van der Waals surface area contributed by atoms with Gasteiger partial charge in [-0.05, 0) is 38.8 Å². The predicted octanol–water partition coefficient (Wildman–Crippen LogP) is 1.54. The van der Waals surface area contributed by atoms with Gasteiger partial charge in [0.2, 0.25) is 5.91 Å². The molecule has 2 amide bonds. The Balaban J connectivity index is 1.66. The Morgan fingerprint density at radius 2 is 1.81 bits per heavy atom. The lowest BCUT2D eigenvalue weighted by molar-refractivity contribution is -0.121. The number of benzene rings is 1. The summed E-state index contributed by atoms with van der Waals surface area (Å²) in [4.78, 5) is 37.4. The molecule has 1 aromatic carbocycles. The zero-order valence-electron chi connectivity index (χ0n) is 18.3. The van der Waals surface area contributed by atoms with E-state index in [2.05, 4.69) is 27.1 Å². The first-order chi connectivity index (χ1) is 15.4. The number of hydrogen-bond donors (Lipinski definition) is 2. The third kappa shape index (κ3) is 4.67. The minimum absolute atomic E-state index is 0.0628. The highest BCUT2D eigenvalue weighted by Crippen LogP contribution is 2.16. The topological polar surface area (TPSA) is 135 Å². The van der Waals surface area contributed by atoms with Crippen molar-refractivity contribution in [3.05, 3.63) is 57.3 Å². The second-order valence-corrected chi connectivity index (χ2v) is 7.30. The molecule has 0 aliphatic carbocycles. The summed E-state index contributed by atoms with van der Waals surface area (Å²) in [5, 5.41) is 18.1. The van der Waals surface area contributed by atoms with Gasteiger partial charge in [-0.3, -0.25) is 29.9 Å². The summed E-state index contributed by atoms with van der Waals surface area (Å²) in [5.74, 6) is -0.969. The van der Waals surface area contributed by atoms with Gasteiger partial charge in [-0.1, -0.05) is 18.2 Å². The fraction of sp³-hybridized carbons (Fsp3) is 0.364. The lowest BCUT2D eigenvalue weighted by Crippen LogP contribution is -2.42. The summed E-state index contributed by atoms with van der Waals surface area (Å²) >= 11 is 0. The molecular weight excluding hydrogens is 410 g/mol. The molecule has 2 heterocycles. The minimum atomic E-state index is -0.603. The number of aromatic nitrogens is 4. The van der Waals surface area contributed by atoms with Crippen molar-refractivity contribution in [1.82, 2.24) is 30.4 Å². The number of fused-ring (bicyclic) bond motifs is 1. The molecule has 0 spiro atoms. The van der Waals surface area contributed by atoms with Gasteiger partial charge in [0, 0.05) is 24.0 Å². The van der Waals surface area contributed by atoms with Gasteiger partial charge in [0.1, 0.15) is 0 Å². The Morgan fingerprint density at radius 1 is 1.09 bits per heavy atom. The van der Waals surface area contributed by atoms with Gasteiger partial charge in [0.15, 0.2) is 5.69 Å². The normalized spacial score (nSPS) is 10.7. The number of aryl methyl sites for hydroxylation is 3. The maximum Gasteiger partial charge on any atom is 0.290 e.